The molecule has 0 saturated heterocycles. The molecule has 4 heteroatoms. The number of carboxylic acids is 1. The van der Waals surface area contributed by atoms with Crippen LogP contribution in [0.4, 0.5) is 5.69 Å². The summed E-state index contributed by atoms with van der Waals surface area (Å²) in [5, 5.41) is 12.5. The minimum absolute atomic E-state index is 0.744. The molecule has 2 aromatic carbocycles. The molecule has 0 amide bonds. The fourth-order valence-corrected chi connectivity index (χ4v) is 2.38. The second-order valence-corrected chi connectivity index (χ2v) is 5.38. The number of aliphatic carboxylic acids is 1. The van der Waals surface area contributed by atoms with Crippen molar-refractivity contribution in [2.45, 2.75) is 17.9 Å². The summed E-state index contributed by atoms with van der Waals surface area (Å²) in [4.78, 5) is 12.6. The van der Waals surface area contributed by atoms with Crippen LogP contribution < -0.4 is 5.32 Å². The minimum atomic E-state index is -0.884. The maximum absolute atomic E-state index is 11.5. The number of nitrogens with one attached hydrogen (secondary N) is 1. The van der Waals surface area contributed by atoms with Crippen molar-refractivity contribution in [3.63, 3.8) is 0 Å². The van der Waals surface area contributed by atoms with E-state index in [0.29, 0.717) is 0 Å². The third kappa shape index (κ3) is 3.33. The molecule has 2 aromatic rings. The SMILES string of the molecule is CSc1ccc(C(Nc2ccccc2C)C(=O)O)cc1. The van der Waals surface area contributed by atoms with Crippen molar-refractivity contribution < 1.29 is 9.90 Å². The van der Waals surface area contributed by atoms with Crippen molar-refractivity contribution in [2.75, 3.05) is 11.6 Å². The van der Waals surface area contributed by atoms with Crippen molar-refractivity contribution in [3.05, 3.63) is 59.7 Å². The van der Waals surface area contributed by atoms with E-state index in [4.69, 9.17) is 0 Å². The molecule has 0 bridgehead atoms. The van der Waals surface area contributed by atoms with Crippen LogP contribution >= 0.6 is 11.8 Å². The summed E-state index contributed by atoms with van der Waals surface area (Å²) in [7, 11) is 0. The van der Waals surface area contributed by atoms with Crippen LogP contribution in [0.1, 0.15) is 17.2 Å². The Balaban J connectivity index is 2.27. The maximum atomic E-state index is 11.5. The van der Waals surface area contributed by atoms with Crippen LogP contribution in [0.5, 0.6) is 0 Å². The zero-order chi connectivity index (χ0) is 14.5. The van der Waals surface area contributed by atoms with Gasteiger partial charge in [-0.05, 0) is 42.5 Å². The number of hydrogen-bond donors (Lipinski definition) is 2. The summed E-state index contributed by atoms with van der Waals surface area (Å²) in [6.45, 7) is 1.96. The molecule has 2 rings (SSSR count). The van der Waals surface area contributed by atoms with E-state index >= 15 is 0 Å². The molecular formula is C16H17NO2S. The topological polar surface area (TPSA) is 49.3 Å². The Morgan fingerprint density at radius 2 is 1.80 bits per heavy atom. The number of aryl methyl sites for hydroxylation is 1. The highest BCUT2D eigenvalue weighted by atomic mass is 32.2. The van der Waals surface area contributed by atoms with Crippen LogP contribution in [0.2, 0.25) is 0 Å². The summed E-state index contributed by atoms with van der Waals surface area (Å²) < 4.78 is 0. The van der Waals surface area contributed by atoms with Gasteiger partial charge in [0.15, 0.2) is 6.04 Å². The smallest absolute Gasteiger partial charge is 0.330 e. The molecule has 0 spiro atoms. The molecule has 0 heterocycles. The van der Waals surface area contributed by atoms with E-state index in [1.54, 1.807) is 11.8 Å². The lowest BCUT2D eigenvalue weighted by Crippen LogP contribution is -2.20. The molecule has 0 saturated carbocycles. The monoisotopic (exact) mass is 287 g/mol. The molecule has 0 aromatic heterocycles. The zero-order valence-corrected chi connectivity index (χ0v) is 12.3. The summed E-state index contributed by atoms with van der Waals surface area (Å²) in [5.74, 6) is -0.884. The van der Waals surface area contributed by atoms with Gasteiger partial charge in [0.25, 0.3) is 0 Å². The molecule has 1 atom stereocenters. The summed E-state index contributed by atoms with van der Waals surface area (Å²) in [5.41, 5.74) is 2.62. The van der Waals surface area contributed by atoms with Crippen molar-refractivity contribution in [1.29, 1.82) is 0 Å². The van der Waals surface area contributed by atoms with E-state index in [0.717, 1.165) is 21.7 Å². The minimum Gasteiger partial charge on any atom is -0.479 e. The Hall–Kier alpha value is -1.94. The van der Waals surface area contributed by atoms with Gasteiger partial charge in [-0.1, -0.05) is 30.3 Å². The number of benzene rings is 2. The number of hydrogen-bond acceptors (Lipinski definition) is 3. The lowest BCUT2D eigenvalue weighted by Gasteiger charge is -2.18. The standard InChI is InChI=1S/C16H17NO2S/c1-11-5-3-4-6-14(11)17-15(16(18)19)12-7-9-13(20-2)10-8-12/h3-10,15,17H,1-2H3,(H,18,19). The average Bonchev–Trinajstić information content (AvgIpc) is 2.46. The summed E-state index contributed by atoms with van der Waals surface area (Å²) >= 11 is 1.64. The highest BCUT2D eigenvalue weighted by Gasteiger charge is 2.19. The lowest BCUT2D eigenvalue weighted by molar-refractivity contribution is -0.138. The van der Waals surface area contributed by atoms with Gasteiger partial charge >= 0.3 is 5.97 Å². The quantitative estimate of drug-likeness (QED) is 0.817. The fraction of sp³-hybridized carbons (Fsp3) is 0.188. The molecule has 104 valence electrons. The molecule has 0 aliphatic heterocycles. The first kappa shape index (κ1) is 14.5. The normalized spacial score (nSPS) is 11.9. The van der Waals surface area contributed by atoms with Gasteiger partial charge in [-0.15, -0.1) is 11.8 Å². The van der Waals surface area contributed by atoms with E-state index in [2.05, 4.69) is 5.32 Å². The van der Waals surface area contributed by atoms with Crippen molar-refractivity contribution in [3.8, 4) is 0 Å². The van der Waals surface area contributed by atoms with Crippen LogP contribution in [0.15, 0.2) is 53.4 Å². The van der Waals surface area contributed by atoms with Gasteiger partial charge < -0.3 is 10.4 Å². The Morgan fingerprint density at radius 1 is 1.15 bits per heavy atom. The van der Waals surface area contributed by atoms with Gasteiger partial charge in [0.05, 0.1) is 0 Å². The first-order valence-corrected chi connectivity index (χ1v) is 7.53. The second-order valence-electron chi connectivity index (χ2n) is 4.50. The Morgan fingerprint density at radius 3 is 2.35 bits per heavy atom. The van der Waals surface area contributed by atoms with E-state index in [9.17, 15) is 9.90 Å². The largest absolute Gasteiger partial charge is 0.479 e. The molecule has 0 fully saturated rings. The van der Waals surface area contributed by atoms with Gasteiger partial charge in [-0.2, -0.15) is 0 Å². The van der Waals surface area contributed by atoms with E-state index in [-0.39, 0.29) is 0 Å². The predicted octanol–water partition coefficient (Wildman–Crippen LogP) is 3.95. The van der Waals surface area contributed by atoms with Crippen LogP contribution in [0, 0.1) is 6.92 Å². The molecule has 0 aliphatic rings. The number of carbonyl (C=O) groups is 1. The maximum Gasteiger partial charge on any atom is 0.330 e. The summed E-state index contributed by atoms with van der Waals surface area (Å²) in [6.07, 6.45) is 2.00. The first-order chi connectivity index (χ1) is 9.61. The van der Waals surface area contributed by atoms with Crippen LogP contribution in [0.3, 0.4) is 0 Å². The highest BCUT2D eigenvalue weighted by molar-refractivity contribution is 7.98. The molecule has 2 N–H and O–H groups in total. The number of rotatable bonds is 5. The Bertz CT molecular complexity index is 596. The van der Waals surface area contributed by atoms with Gasteiger partial charge in [0.2, 0.25) is 0 Å². The third-order valence-corrected chi connectivity index (χ3v) is 3.88. The average molecular weight is 287 g/mol. The molecular weight excluding hydrogens is 270 g/mol. The van der Waals surface area contributed by atoms with E-state index in [1.807, 2.05) is 61.7 Å². The molecule has 20 heavy (non-hydrogen) atoms. The molecule has 1 unspecified atom stereocenters. The summed E-state index contributed by atoms with van der Waals surface area (Å²) in [6, 6.07) is 14.5. The van der Waals surface area contributed by atoms with E-state index < -0.39 is 12.0 Å². The van der Waals surface area contributed by atoms with Gasteiger partial charge in [-0.25, -0.2) is 4.79 Å². The third-order valence-electron chi connectivity index (χ3n) is 3.14. The number of thioether (sulfide) groups is 1. The molecule has 3 nitrogen and oxygen atoms in total. The van der Waals surface area contributed by atoms with Gasteiger partial charge in [0.1, 0.15) is 0 Å². The van der Waals surface area contributed by atoms with E-state index in [1.165, 1.54) is 0 Å². The van der Waals surface area contributed by atoms with Crippen molar-refractivity contribution in [1.82, 2.24) is 0 Å². The van der Waals surface area contributed by atoms with Gasteiger partial charge in [0, 0.05) is 10.6 Å². The first-order valence-electron chi connectivity index (χ1n) is 6.30. The van der Waals surface area contributed by atoms with Crippen LogP contribution in [-0.4, -0.2) is 17.3 Å². The second kappa shape index (κ2) is 6.48. The van der Waals surface area contributed by atoms with Crippen molar-refractivity contribution >= 4 is 23.4 Å². The van der Waals surface area contributed by atoms with Crippen molar-refractivity contribution in [2.24, 2.45) is 0 Å². The number of carboxylic acid groups (broad SMARTS) is 1. The Kier molecular flexibility index (Phi) is 4.69. The lowest BCUT2D eigenvalue weighted by atomic mass is 10.1. The van der Waals surface area contributed by atoms with Gasteiger partial charge in [-0.3, -0.25) is 0 Å². The predicted molar refractivity (Wildman–Crippen MR) is 83.4 cm³/mol. The number of para-hydroxylation sites is 1. The molecule has 0 radical (unpaired) electrons. The molecule has 0 aliphatic carbocycles. The number of anilines is 1. The zero-order valence-electron chi connectivity index (χ0n) is 11.5. The van der Waals surface area contributed by atoms with Crippen LogP contribution in [0.25, 0.3) is 0 Å². The Labute approximate surface area is 123 Å². The fourth-order valence-electron chi connectivity index (χ4n) is 1.97. The highest BCUT2D eigenvalue weighted by Crippen LogP contribution is 2.24. The van der Waals surface area contributed by atoms with Crippen LogP contribution in [-0.2, 0) is 4.79 Å².